The summed E-state index contributed by atoms with van der Waals surface area (Å²) < 4.78 is 2.06. The quantitative estimate of drug-likeness (QED) is 0.666. The van der Waals surface area contributed by atoms with Crippen LogP contribution < -0.4 is 0 Å². The van der Waals surface area contributed by atoms with Crippen molar-refractivity contribution in [3.05, 3.63) is 23.0 Å². The lowest BCUT2D eigenvalue weighted by molar-refractivity contribution is -0.119. The van der Waals surface area contributed by atoms with Gasteiger partial charge in [-0.25, -0.2) is 0 Å². The molecule has 0 spiro atoms. The average Bonchev–Trinajstić information content (AvgIpc) is 3.19. The molecular formula is C26H40N2O. The maximum Gasteiger partial charge on any atom is 0.0809 e. The first kappa shape index (κ1) is 19.8. The molecule has 1 aromatic heterocycles. The minimum atomic E-state index is -0.283. The van der Waals surface area contributed by atoms with Crippen molar-refractivity contribution < 1.29 is 5.11 Å². The van der Waals surface area contributed by atoms with Crippen LogP contribution in [0.25, 0.3) is 6.08 Å². The van der Waals surface area contributed by atoms with Gasteiger partial charge in [0, 0.05) is 23.2 Å². The number of aromatic nitrogens is 2. The highest BCUT2D eigenvalue weighted by molar-refractivity contribution is 5.57. The molecule has 29 heavy (non-hydrogen) atoms. The van der Waals surface area contributed by atoms with Gasteiger partial charge in [0.15, 0.2) is 0 Å². The topological polar surface area (TPSA) is 38.0 Å². The fourth-order valence-corrected chi connectivity index (χ4v) is 8.42. The van der Waals surface area contributed by atoms with Gasteiger partial charge in [-0.15, -0.1) is 0 Å². The molecule has 1 aromatic rings. The molecule has 0 amide bonds. The Morgan fingerprint density at radius 3 is 2.69 bits per heavy atom. The number of hydrogen-bond donors (Lipinski definition) is 1. The van der Waals surface area contributed by atoms with Gasteiger partial charge >= 0.3 is 0 Å². The van der Waals surface area contributed by atoms with E-state index in [4.69, 9.17) is 0 Å². The van der Waals surface area contributed by atoms with Gasteiger partial charge in [-0.3, -0.25) is 4.68 Å². The molecule has 0 aromatic carbocycles. The van der Waals surface area contributed by atoms with Crippen molar-refractivity contribution in [2.45, 2.75) is 98.1 Å². The second-order valence-electron chi connectivity index (χ2n) is 11.3. The Balaban J connectivity index is 1.45. The van der Waals surface area contributed by atoms with Crippen LogP contribution >= 0.6 is 0 Å². The van der Waals surface area contributed by atoms with Crippen molar-refractivity contribution in [1.29, 1.82) is 0 Å². The zero-order chi connectivity index (χ0) is 20.4. The van der Waals surface area contributed by atoms with Gasteiger partial charge in [-0.2, -0.15) is 5.10 Å². The molecule has 1 heterocycles. The molecule has 3 nitrogen and oxygen atoms in total. The molecule has 7 atom stereocenters. The predicted octanol–water partition coefficient (Wildman–Crippen LogP) is 6.00. The van der Waals surface area contributed by atoms with E-state index in [-0.39, 0.29) is 11.5 Å². The smallest absolute Gasteiger partial charge is 0.0809 e. The zero-order valence-electron chi connectivity index (χ0n) is 19.0. The molecule has 0 saturated heterocycles. The third-order valence-corrected chi connectivity index (χ3v) is 10.2. The van der Waals surface area contributed by atoms with Crippen LogP contribution in [0.4, 0.5) is 0 Å². The van der Waals surface area contributed by atoms with Gasteiger partial charge in [0.1, 0.15) is 0 Å². The number of aliphatic hydroxyl groups is 1. The van der Waals surface area contributed by atoms with E-state index < -0.39 is 0 Å². The Bertz CT molecular complexity index is 810. The fraction of sp³-hybridized carbons (Fsp3) is 0.808. The van der Waals surface area contributed by atoms with Crippen LogP contribution in [0.1, 0.15) is 89.8 Å². The van der Waals surface area contributed by atoms with Crippen molar-refractivity contribution in [3.63, 3.8) is 0 Å². The van der Waals surface area contributed by atoms with Gasteiger partial charge in [0.05, 0.1) is 12.3 Å². The van der Waals surface area contributed by atoms with Crippen molar-refractivity contribution in [1.82, 2.24) is 9.78 Å². The summed E-state index contributed by atoms with van der Waals surface area (Å²) in [5.41, 5.74) is 4.33. The Kier molecular flexibility index (Phi) is 4.77. The predicted molar refractivity (Wildman–Crippen MR) is 118 cm³/mol. The van der Waals surface area contributed by atoms with Crippen LogP contribution in [0, 0.1) is 41.4 Å². The Hall–Kier alpha value is -1.09. The summed E-state index contributed by atoms with van der Waals surface area (Å²) in [4.78, 5) is 0. The molecule has 160 valence electrons. The second-order valence-corrected chi connectivity index (χ2v) is 11.3. The highest BCUT2D eigenvalue weighted by Crippen LogP contribution is 2.67. The highest BCUT2D eigenvalue weighted by atomic mass is 16.3. The summed E-state index contributed by atoms with van der Waals surface area (Å²) >= 11 is 0. The maximum absolute atomic E-state index is 11.5. The number of rotatable bonds is 2. The van der Waals surface area contributed by atoms with E-state index in [1.54, 1.807) is 0 Å². The monoisotopic (exact) mass is 396 g/mol. The first-order valence-corrected chi connectivity index (χ1v) is 12.3. The van der Waals surface area contributed by atoms with Gasteiger partial charge < -0.3 is 5.11 Å². The molecule has 0 bridgehead atoms. The lowest BCUT2D eigenvalue weighted by Crippen LogP contribution is -2.53. The summed E-state index contributed by atoms with van der Waals surface area (Å²) in [5.74, 6) is 3.32. The minimum absolute atomic E-state index is 0.0690. The highest BCUT2D eigenvalue weighted by Gasteiger charge is 2.60. The number of fused-ring (bicyclic) bond motifs is 5. The molecule has 4 aliphatic rings. The normalized spacial score (nSPS) is 45.7. The van der Waals surface area contributed by atoms with Crippen molar-refractivity contribution in [2.75, 3.05) is 0 Å². The largest absolute Gasteiger partial charge is 0.388 e. The number of aliphatic hydroxyl groups excluding tert-OH is 1. The minimum Gasteiger partial charge on any atom is -0.388 e. The first-order chi connectivity index (χ1) is 13.9. The van der Waals surface area contributed by atoms with Crippen LogP contribution in [0.5, 0.6) is 0 Å². The van der Waals surface area contributed by atoms with Crippen molar-refractivity contribution >= 4 is 6.08 Å². The number of hydrogen-bond acceptors (Lipinski definition) is 2. The van der Waals surface area contributed by atoms with Gasteiger partial charge in [0.25, 0.3) is 0 Å². The molecule has 0 aliphatic heterocycles. The van der Waals surface area contributed by atoms with Crippen LogP contribution in [-0.2, 0) is 6.54 Å². The van der Waals surface area contributed by atoms with Crippen LogP contribution in [0.2, 0.25) is 0 Å². The summed E-state index contributed by atoms with van der Waals surface area (Å²) in [7, 11) is 0. The molecule has 2 unspecified atom stereocenters. The van der Waals surface area contributed by atoms with Crippen molar-refractivity contribution in [2.24, 2.45) is 34.5 Å². The van der Waals surface area contributed by atoms with E-state index in [0.717, 1.165) is 30.7 Å². The molecule has 4 saturated carbocycles. The van der Waals surface area contributed by atoms with E-state index in [1.165, 1.54) is 68.2 Å². The van der Waals surface area contributed by atoms with E-state index >= 15 is 0 Å². The van der Waals surface area contributed by atoms with E-state index in [0.29, 0.717) is 11.3 Å². The molecule has 0 radical (unpaired) electrons. The van der Waals surface area contributed by atoms with Gasteiger partial charge in [-0.05, 0) is 99.5 Å². The third kappa shape index (κ3) is 2.82. The number of nitrogens with zero attached hydrogens (tertiary/aromatic N) is 2. The average molecular weight is 397 g/mol. The molecule has 4 fully saturated rings. The molecular weight excluding hydrogens is 356 g/mol. The lowest BCUT2D eigenvalue weighted by atomic mass is 9.45. The molecule has 5 rings (SSSR count). The summed E-state index contributed by atoms with van der Waals surface area (Å²) in [5, 5.41) is 16.0. The fourth-order valence-electron chi connectivity index (χ4n) is 8.42. The summed E-state index contributed by atoms with van der Waals surface area (Å²) in [6.07, 6.45) is 16.3. The summed E-state index contributed by atoms with van der Waals surface area (Å²) in [6, 6.07) is 0. The van der Waals surface area contributed by atoms with Crippen LogP contribution in [0.15, 0.2) is 11.8 Å². The van der Waals surface area contributed by atoms with E-state index in [1.807, 2.05) is 6.20 Å². The Morgan fingerprint density at radius 1 is 1.10 bits per heavy atom. The van der Waals surface area contributed by atoms with Crippen LogP contribution in [0.3, 0.4) is 0 Å². The van der Waals surface area contributed by atoms with E-state index in [2.05, 4.69) is 43.6 Å². The molecule has 4 aliphatic carbocycles. The maximum atomic E-state index is 11.5. The zero-order valence-corrected chi connectivity index (χ0v) is 19.0. The summed E-state index contributed by atoms with van der Waals surface area (Å²) in [6.45, 7) is 10.2. The SMILES string of the molecule is CCn1ncc(/C=C2/C[C@H]3[C@@H]4CCC5CCCC[C@]5(C)[C@H]4CC[C@]3(C)C2O)c1C. The number of aryl methyl sites for hydroxylation is 1. The Labute approximate surface area is 177 Å². The third-order valence-electron chi connectivity index (χ3n) is 10.2. The first-order valence-electron chi connectivity index (χ1n) is 12.3. The van der Waals surface area contributed by atoms with Gasteiger partial charge in [0.2, 0.25) is 0 Å². The molecule has 3 heteroatoms. The van der Waals surface area contributed by atoms with Gasteiger partial charge in [-0.1, -0.05) is 26.7 Å². The van der Waals surface area contributed by atoms with Crippen LogP contribution in [-0.4, -0.2) is 21.0 Å². The lowest BCUT2D eigenvalue weighted by Gasteiger charge is -2.60. The standard InChI is InChI=1S/C26H40N2O/c1-5-28-17(2)19(16-27-28)14-18-15-23-21-10-9-20-8-6-7-12-25(20,3)22(21)11-13-26(23,4)24(18)29/h14,16,20-24,29H,5-13,15H2,1-4H3/b18-14-/t20?,21-,22+,23+,24?,25+,26+/m1/s1. The molecule has 1 N–H and O–H groups in total. The second kappa shape index (κ2) is 6.97. The van der Waals surface area contributed by atoms with Crippen molar-refractivity contribution in [3.8, 4) is 0 Å². The van der Waals surface area contributed by atoms with E-state index in [9.17, 15) is 5.11 Å². The Morgan fingerprint density at radius 2 is 1.93 bits per heavy atom.